The van der Waals surface area contributed by atoms with Crippen molar-refractivity contribution in [2.45, 2.75) is 32.8 Å². The van der Waals surface area contributed by atoms with Gasteiger partial charge in [-0.15, -0.1) is 0 Å². The average Bonchev–Trinajstić information content (AvgIpc) is 2.10. The largest absolute Gasteiger partial charge is 0.390 e. The summed E-state index contributed by atoms with van der Waals surface area (Å²) in [4.78, 5) is 0. The summed E-state index contributed by atoms with van der Waals surface area (Å²) in [5.74, 6) is 0. The van der Waals surface area contributed by atoms with Gasteiger partial charge >= 0.3 is 0 Å². The molecule has 0 saturated carbocycles. The third-order valence-electron chi connectivity index (χ3n) is 1.37. The molecular weight excluding hydrogens is 140 g/mol. The molecule has 1 rings (SSSR count). The van der Waals surface area contributed by atoms with Gasteiger partial charge in [0.05, 0.1) is 11.3 Å². The Balaban J connectivity index is 2.65. The zero-order chi connectivity index (χ0) is 8.48. The van der Waals surface area contributed by atoms with E-state index in [1.165, 1.54) is 0 Å². The van der Waals surface area contributed by atoms with Gasteiger partial charge in [0.25, 0.3) is 0 Å². The summed E-state index contributed by atoms with van der Waals surface area (Å²) in [6.07, 6.45) is 0.595. The van der Waals surface area contributed by atoms with Crippen molar-refractivity contribution in [3.8, 4) is 0 Å². The number of aromatic nitrogens is 2. The number of aromatic amines is 1. The number of rotatable bonds is 2. The summed E-state index contributed by atoms with van der Waals surface area (Å²) < 4.78 is 0. The average molecular weight is 154 g/mol. The van der Waals surface area contributed by atoms with E-state index in [2.05, 4.69) is 10.2 Å². The van der Waals surface area contributed by atoms with Crippen molar-refractivity contribution in [1.82, 2.24) is 10.2 Å². The van der Waals surface area contributed by atoms with E-state index >= 15 is 0 Å². The zero-order valence-corrected chi connectivity index (χ0v) is 7.18. The summed E-state index contributed by atoms with van der Waals surface area (Å²) >= 11 is 0. The predicted octanol–water partition coefficient (Wildman–Crippen LogP) is 1.03. The Bertz CT molecular complexity index is 234. The first kappa shape index (κ1) is 8.27. The van der Waals surface area contributed by atoms with Crippen LogP contribution in [0.15, 0.2) is 6.07 Å². The summed E-state index contributed by atoms with van der Waals surface area (Å²) in [6, 6.07) is 1.94. The van der Waals surface area contributed by atoms with Crippen LogP contribution in [0.5, 0.6) is 0 Å². The minimum atomic E-state index is -0.665. The Kier molecular flexibility index (Phi) is 2.00. The number of nitrogens with one attached hydrogen (secondary N) is 1. The SMILES string of the molecule is Cc1cc(CC(C)(C)O)n[nH]1. The van der Waals surface area contributed by atoms with Crippen molar-refractivity contribution in [1.29, 1.82) is 0 Å². The lowest BCUT2D eigenvalue weighted by Gasteiger charge is -2.14. The molecule has 0 spiro atoms. The minimum Gasteiger partial charge on any atom is -0.390 e. The molecule has 0 aliphatic carbocycles. The van der Waals surface area contributed by atoms with Gasteiger partial charge in [-0.05, 0) is 26.8 Å². The molecule has 0 unspecified atom stereocenters. The van der Waals surface area contributed by atoms with Crippen molar-refractivity contribution in [3.05, 3.63) is 17.5 Å². The minimum absolute atomic E-state index is 0.595. The maximum Gasteiger partial charge on any atom is 0.0653 e. The fraction of sp³-hybridized carbons (Fsp3) is 0.625. The third-order valence-corrected chi connectivity index (χ3v) is 1.37. The molecule has 0 radical (unpaired) electrons. The van der Waals surface area contributed by atoms with Crippen molar-refractivity contribution in [2.24, 2.45) is 0 Å². The van der Waals surface area contributed by atoms with Crippen molar-refractivity contribution in [2.75, 3.05) is 0 Å². The molecule has 0 atom stereocenters. The molecule has 2 N–H and O–H groups in total. The van der Waals surface area contributed by atoms with Gasteiger partial charge in [-0.25, -0.2) is 0 Å². The molecule has 0 aliphatic rings. The number of aliphatic hydroxyl groups is 1. The fourth-order valence-corrected chi connectivity index (χ4v) is 1.01. The van der Waals surface area contributed by atoms with Crippen LogP contribution >= 0.6 is 0 Å². The van der Waals surface area contributed by atoms with Gasteiger partial charge in [0, 0.05) is 12.1 Å². The molecule has 0 fully saturated rings. The van der Waals surface area contributed by atoms with Crippen LogP contribution in [0, 0.1) is 6.92 Å². The van der Waals surface area contributed by atoms with Crippen LogP contribution in [0.25, 0.3) is 0 Å². The Morgan fingerprint density at radius 2 is 2.27 bits per heavy atom. The standard InChI is InChI=1S/C8H14N2O/c1-6-4-7(10-9-6)5-8(2,3)11/h4,11H,5H2,1-3H3,(H,9,10). The summed E-state index contributed by atoms with van der Waals surface area (Å²) in [5, 5.41) is 16.3. The van der Waals surface area contributed by atoms with Crippen molar-refractivity contribution < 1.29 is 5.11 Å². The molecule has 0 aliphatic heterocycles. The van der Waals surface area contributed by atoms with Gasteiger partial charge in [0.2, 0.25) is 0 Å². The number of hydrogen-bond donors (Lipinski definition) is 2. The van der Waals surface area contributed by atoms with Gasteiger partial charge in [0.15, 0.2) is 0 Å². The van der Waals surface area contributed by atoms with Crippen LogP contribution in [0.2, 0.25) is 0 Å². The quantitative estimate of drug-likeness (QED) is 0.668. The normalized spacial score (nSPS) is 12.0. The Morgan fingerprint density at radius 3 is 2.64 bits per heavy atom. The molecule has 0 saturated heterocycles. The number of nitrogens with zero attached hydrogens (tertiary/aromatic N) is 1. The lowest BCUT2D eigenvalue weighted by atomic mass is 10.0. The molecule has 1 heterocycles. The smallest absolute Gasteiger partial charge is 0.0653 e. The maximum absolute atomic E-state index is 9.43. The van der Waals surface area contributed by atoms with Crippen LogP contribution in [-0.2, 0) is 6.42 Å². The molecule has 3 heteroatoms. The molecule has 3 nitrogen and oxygen atoms in total. The molecule has 1 aromatic rings. The third kappa shape index (κ3) is 2.72. The maximum atomic E-state index is 9.43. The van der Waals surface area contributed by atoms with Crippen molar-refractivity contribution >= 4 is 0 Å². The highest BCUT2D eigenvalue weighted by molar-refractivity contribution is 5.08. The van der Waals surface area contributed by atoms with Crippen LogP contribution in [-0.4, -0.2) is 20.9 Å². The number of aryl methyl sites for hydroxylation is 1. The first-order valence-electron chi connectivity index (χ1n) is 3.71. The Hall–Kier alpha value is -0.830. The topological polar surface area (TPSA) is 48.9 Å². The molecular formula is C8H14N2O. The molecule has 1 aromatic heterocycles. The van der Waals surface area contributed by atoms with E-state index in [1.807, 2.05) is 13.0 Å². The molecule has 62 valence electrons. The van der Waals surface area contributed by atoms with Crippen LogP contribution in [0.4, 0.5) is 0 Å². The Morgan fingerprint density at radius 1 is 1.64 bits per heavy atom. The monoisotopic (exact) mass is 154 g/mol. The zero-order valence-electron chi connectivity index (χ0n) is 7.18. The van der Waals surface area contributed by atoms with Gasteiger partial charge in [-0.3, -0.25) is 5.10 Å². The van der Waals surface area contributed by atoms with Gasteiger partial charge < -0.3 is 5.11 Å². The summed E-state index contributed by atoms with van der Waals surface area (Å²) in [7, 11) is 0. The highest BCUT2D eigenvalue weighted by atomic mass is 16.3. The van der Waals surface area contributed by atoms with Crippen LogP contribution < -0.4 is 0 Å². The lowest BCUT2D eigenvalue weighted by Crippen LogP contribution is -2.21. The van der Waals surface area contributed by atoms with Gasteiger partial charge in [-0.1, -0.05) is 0 Å². The first-order chi connectivity index (χ1) is 4.97. The van der Waals surface area contributed by atoms with Crippen LogP contribution in [0.1, 0.15) is 25.2 Å². The van der Waals surface area contributed by atoms with E-state index in [0.29, 0.717) is 6.42 Å². The van der Waals surface area contributed by atoms with E-state index in [1.54, 1.807) is 13.8 Å². The Labute approximate surface area is 66.4 Å². The van der Waals surface area contributed by atoms with Crippen molar-refractivity contribution in [3.63, 3.8) is 0 Å². The lowest BCUT2D eigenvalue weighted by molar-refractivity contribution is 0.0799. The number of H-pyrrole nitrogens is 1. The van der Waals surface area contributed by atoms with Gasteiger partial charge in [-0.2, -0.15) is 5.10 Å². The number of hydrogen-bond acceptors (Lipinski definition) is 2. The molecule has 11 heavy (non-hydrogen) atoms. The van der Waals surface area contributed by atoms with E-state index in [4.69, 9.17) is 0 Å². The van der Waals surface area contributed by atoms with E-state index in [-0.39, 0.29) is 0 Å². The van der Waals surface area contributed by atoms with E-state index < -0.39 is 5.60 Å². The second-order valence-corrected chi connectivity index (χ2v) is 3.53. The van der Waals surface area contributed by atoms with Crippen LogP contribution in [0.3, 0.4) is 0 Å². The fourth-order valence-electron chi connectivity index (χ4n) is 1.01. The van der Waals surface area contributed by atoms with E-state index in [0.717, 1.165) is 11.4 Å². The second-order valence-electron chi connectivity index (χ2n) is 3.53. The molecule has 0 aromatic carbocycles. The first-order valence-corrected chi connectivity index (χ1v) is 3.71. The summed E-state index contributed by atoms with van der Waals surface area (Å²) in [6.45, 7) is 5.49. The highest BCUT2D eigenvalue weighted by Gasteiger charge is 2.14. The highest BCUT2D eigenvalue weighted by Crippen LogP contribution is 2.10. The predicted molar refractivity (Wildman–Crippen MR) is 43.3 cm³/mol. The second kappa shape index (κ2) is 2.66. The van der Waals surface area contributed by atoms with E-state index in [9.17, 15) is 5.11 Å². The summed E-state index contributed by atoms with van der Waals surface area (Å²) in [5.41, 5.74) is 1.28. The van der Waals surface area contributed by atoms with Gasteiger partial charge in [0.1, 0.15) is 0 Å². The molecule has 0 amide bonds. The molecule has 0 bridgehead atoms.